The fourth-order valence-electron chi connectivity index (χ4n) is 3.32. The Kier molecular flexibility index (Phi) is 5.28. The number of methoxy groups -OCH3 is 1. The van der Waals surface area contributed by atoms with Gasteiger partial charge in [0.05, 0.1) is 12.2 Å². The van der Waals surface area contributed by atoms with Crippen LogP contribution in [0.2, 0.25) is 0 Å². The summed E-state index contributed by atoms with van der Waals surface area (Å²) in [5.41, 5.74) is 3.73. The van der Waals surface area contributed by atoms with E-state index in [1.807, 2.05) is 19.1 Å². The minimum atomic E-state index is -0.0997. The Morgan fingerprint density at radius 1 is 1.40 bits per heavy atom. The molecule has 0 bridgehead atoms. The van der Waals surface area contributed by atoms with Gasteiger partial charge in [0.25, 0.3) is 11.5 Å². The number of nitrogens with zero attached hydrogens (tertiary/aromatic N) is 2. The summed E-state index contributed by atoms with van der Waals surface area (Å²) in [6.45, 7) is 2.99. The summed E-state index contributed by atoms with van der Waals surface area (Å²) in [7, 11) is 1.63. The van der Waals surface area contributed by atoms with Crippen LogP contribution in [0.15, 0.2) is 35.4 Å². The lowest BCUT2D eigenvalue weighted by atomic mass is 9.91. The quantitative estimate of drug-likeness (QED) is 0.894. The van der Waals surface area contributed by atoms with Gasteiger partial charge in [0.1, 0.15) is 0 Å². The Morgan fingerprint density at radius 3 is 3.00 bits per heavy atom. The van der Waals surface area contributed by atoms with Crippen LogP contribution in [0, 0.1) is 6.92 Å². The van der Waals surface area contributed by atoms with Gasteiger partial charge >= 0.3 is 0 Å². The first-order chi connectivity index (χ1) is 12.1. The molecule has 2 aromatic rings. The van der Waals surface area contributed by atoms with Crippen LogP contribution in [-0.4, -0.2) is 35.2 Å². The Balaban J connectivity index is 1.73. The maximum absolute atomic E-state index is 12.4. The van der Waals surface area contributed by atoms with E-state index >= 15 is 0 Å². The number of carbonyl (C=O) groups is 1. The van der Waals surface area contributed by atoms with Crippen molar-refractivity contribution in [2.24, 2.45) is 0 Å². The van der Waals surface area contributed by atoms with Crippen molar-refractivity contribution in [2.45, 2.75) is 38.8 Å². The van der Waals surface area contributed by atoms with Crippen LogP contribution in [0.1, 0.15) is 33.6 Å². The molecule has 0 fully saturated rings. The van der Waals surface area contributed by atoms with E-state index in [0.717, 1.165) is 36.1 Å². The van der Waals surface area contributed by atoms with Gasteiger partial charge in [-0.15, -0.1) is 0 Å². The molecule has 3 rings (SSSR count). The SMILES string of the molecule is COCCn1c2c(ccc1=O)CC(NC(=O)c1cncc(C)c1)CC2. The Hall–Kier alpha value is -2.47. The summed E-state index contributed by atoms with van der Waals surface area (Å²) in [4.78, 5) is 28.6. The van der Waals surface area contributed by atoms with E-state index in [2.05, 4.69) is 10.3 Å². The maximum Gasteiger partial charge on any atom is 0.253 e. The van der Waals surface area contributed by atoms with E-state index in [1.165, 1.54) is 0 Å². The van der Waals surface area contributed by atoms with Crippen molar-refractivity contribution in [3.63, 3.8) is 0 Å². The molecule has 1 N–H and O–H groups in total. The number of ether oxygens (including phenoxy) is 1. The van der Waals surface area contributed by atoms with Crippen molar-refractivity contribution in [2.75, 3.05) is 13.7 Å². The molecule has 0 aliphatic heterocycles. The topological polar surface area (TPSA) is 73.2 Å². The van der Waals surface area contributed by atoms with Gasteiger partial charge in [0.15, 0.2) is 0 Å². The van der Waals surface area contributed by atoms with E-state index in [0.29, 0.717) is 18.7 Å². The zero-order chi connectivity index (χ0) is 17.8. The minimum absolute atomic E-state index is 0.00382. The van der Waals surface area contributed by atoms with Gasteiger partial charge < -0.3 is 14.6 Å². The summed E-state index contributed by atoms with van der Waals surface area (Å²) >= 11 is 0. The average Bonchev–Trinajstić information content (AvgIpc) is 2.61. The molecule has 0 saturated heterocycles. The highest BCUT2D eigenvalue weighted by Crippen LogP contribution is 2.20. The maximum atomic E-state index is 12.4. The van der Waals surface area contributed by atoms with Gasteiger partial charge in [0.2, 0.25) is 0 Å². The number of hydrogen-bond acceptors (Lipinski definition) is 4. The van der Waals surface area contributed by atoms with Crippen LogP contribution in [0.25, 0.3) is 0 Å². The molecule has 1 aliphatic carbocycles. The Bertz CT molecular complexity index is 829. The number of amides is 1. The molecule has 25 heavy (non-hydrogen) atoms. The Labute approximate surface area is 146 Å². The number of aromatic nitrogens is 2. The molecule has 1 unspecified atom stereocenters. The van der Waals surface area contributed by atoms with Crippen LogP contribution in [0.4, 0.5) is 0 Å². The van der Waals surface area contributed by atoms with Crippen LogP contribution in [0.3, 0.4) is 0 Å². The van der Waals surface area contributed by atoms with Crippen molar-refractivity contribution in [1.82, 2.24) is 14.9 Å². The van der Waals surface area contributed by atoms with E-state index in [4.69, 9.17) is 4.74 Å². The second-order valence-electron chi connectivity index (χ2n) is 6.45. The number of aryl methyl sites for hydroxylation is 1. The predicted octanol–water partition coefficient (Wildman–Crippen LogP) is 1.49. The van der Waals surface area contributed by atoms with Gasteiger partial charge in [0, 0.05) is 43.9 Å². The summed E-state index contributed by atoms with van der Waals surface area (Å²) < 4.78 is 6.89. The van der Waals surface area contributed by atoms with Gasteiger partial charge in [-0.2, -0.15) is 0 Å². The second-order valence-corrected chi connectivity index (χ2v) is 6.45. The summed E-state index contributed by atoms with van der Waals surface area (Å²) in [5, 5.41) is 3.09. The van der Waals surface area contributed by atoms with Gasteiger partial charge in [-0.1, -0.05) is 6.07 Å². The molecule has 0 radical (unpaired) electrons. The number of fused-ring (bicyclic) bond motifs is 1. The first kappa shape index (κ1) is 17.4. The fraction of sp³-hybridized carbons (Fsp3) is 0.421. The van der Waals surface area contributed by atoms with Crippen molar-refractivity contribution in [3.05, 3.63) is 63.3 Å². The van der Waals surface area contributed by atoms with Crippen LogP contribution >= 0.6 is 0 Å². The Morgan fingerprint density at radius 2 is 2.24 bits per heavy atom. The molecule has 1 aliphatic rings. The van der Waals surface area contributed by atoms with E-state index < -0.39 is 0 Å². The van der Waals surface area contributed by atoms with E-state index in [-0.39, 0.29) is 17.5 Å². The highest BCUT2D eigenvalue weighted by atomic mass is 16.5. The average molecular weight is 341 g/mol. The first-order valence-electron chi connectivity index (χ1n) is 8.51. The number of carbonyl (C=O) groups excluding carboxylic acids is 1. The van der Waals surface area contributed by atoms with Crippen LogP contribution < -0.4 is 10.9 Å². The molecule has 6 heteroatoms. The van der Waals surface area contributed by atoms with Crippen molar-refractivity contribution >= 4 is 5.91 Å². The standard InChI is InChI=1S/C19H23N3O3/c1-13-9-15(12-20-11-13)19(24)21-16-4-5-17-14(10-16)3-6-18(23)22(17)7-8-25-2/h3,6,9,11-12,16H,4-5,7-8,10H2,1-2H3,(H,21,24). The van der Waals surface area contributed by atoms with Gasteiger partial charge in [-0.05, 0) is 43.4 Å². The highest BCUT2D eigenvalue weighted by Gasteiger charge is 2.23. The third kappa shape index (κ3) is 3.96. The predicted molar refractivity (Wildman–Crippen MR) is 94.8 cm³/mol. The zero-order valence-electron chi connectivity index (χ0n) is 14.6. The molecule has 6 nitrogen and oxygen atoms in total. The van der Waals surface area contributed by atoms with Gasteiger partial charge in [-0.3, -0.25) is 14.6 Å². The first-order valence-corrected chi connectivity index (χ1v) is 8.51. The molecular formula is C19H23N3O3. The molecule has 1 atom stereocenters. The number of rotatable bonds is 5. The summed E-state index contributed by atoms with van der Waals surface area (Å²) in [5.74, 6) is -0.0997. The third-order valence-corrected chi connectivity index (χ3v) is 4.58. The lowest BCUT2D eigenvalue weighted by Crippen LogP contribution is -2.40. The smallest absolute Gasteiger partial charge is 0.253 e. The molecule has 1 amide bonds. The molecule has 132 valence electrons. The lowest BCUT2D eigenvalue weighted by molar-refractivity contribution is 0.0933. The molecule has 2 heterocycles. The van der Waals surface area contributed by atoms with E-state index in [9.17, 15) is 9.59 Å². The molecule has 0 aromatic carbocycles. The number of hydrogen-bond donors (Lipinski definition) is 1. The molecular weight excluding hydrogens is 318 g/mol. The summed E-state index contributed by atoms with van der Waals surface area (Å²) in [6.07, 6.45) is 5.63. The van der Waals surface area contributed by atoms with Crippen molar-refractivity contribution in [3.8, 4) is 0 Å². The number of nitrogens with one attached hydrogen (secondary N) is 1. The molecule has 0 saturated carbocycles. The van der Waals surface area contributed by atoms with Crippen LogP contribution in [0.5, 0.6) is 0 Å². The zero-order valence-corrected chi connectivity index (χ0v) is 14.6. The lowest BCUT2D eigenvalue weighted by Gasteiger charge is -2.27. The summed E-state index contributed by atoms with van der Waals surface area (Å²) in [6, 6.07) is 5.38. The second kappa shape index (κ2) is 7.61. The van der Waals surface area contributed by atoms with Crippen molar-refractivity contribution < 1.29 is 9.53 Å². The largest absolute Gasteiger partial charge is 0.383 e. The molecule has 0 spiro atoms. The van der Waals surface area contributed by atoms with Gasteiger partial charge in [-0.25, -0.2) is 0 Å². The minimum Gasteiger partial charge on any atom is -0.383 e. The third-order valence-electron chi connectivity index (χ3n) is 4.58. The fourth-order valence-corrected chi connectivity index (χ4v) is 3.32. The van der Waals surface area contributed by atoms with Crippen molar-refractivity contribution in [1.29, 1.82) is 0 Å². The highest BCUT2D eigenvalue weighted by molar-refractivity contribution is 5.94. The normalized spacial score (nSPS) is 16.3. The molecule has 2 aromatic heterocycles. The monoisotopic (exact) mass is 341 g/mol. The van der Waals surface area contributed by atoms with Crippen LogP contribution in [-0.2, 0) is 24.1 Å². The van der Waals surface area contributed by atoms with E-state index in [1.54, 1.807) is 30.1 Å². The number of pyridine rings is 2.